The summed E-state index contributed by atoms with van der Waals surface area (Å²) in [7, 11) is 0. The molecule has 0 amide bonds. The average molecular weight is 559 g/mol. The minimum Gasteiger partial charge on any atom is -0.429 e. The van der Waals surface area contributed by atoms with Crippen LogP contribution in [0.15, 0.2) is 72.8 Å². The van der Waals surface area contributed by atoms with Crippen LogP contribution in [0.1, 0.15) is 42.0 Å². The van der Waals surface area contributed by atoms with Gasteiger partial charge in [-0.25, -0.2) is 17.6 Å². The first-order valence-corrected chi connectivity index (χ1v) is 12.4. The van der Waals surface area contributed by atoms with Gasteiger partial charge in [-0.05, 0) is 78.6 Å². The second-order valence-electron chi connectivity index (χ2n) is 8.76. The Kier molecular flexibility index (Phi) is 8.57. The van der Waals surface area contributed by atoms with Gasteiger partial charge in [0.2, 0.25) is 0 Å². The average Bonchev–Trinajstić information content (AvgIpc) is 2.89. The smallest absolute Gasteiger partial charge is 0.429 e. The van der Waals surface area contributed by atoms with Crippen LogP contribution in [0.2, 0.25) is 5.02 Å². The van der Waals surface area contributed by atoms with Crippen LogP contribution >= 0.6 is 11.6 Å². The van der Waals surface area contributed by atoms with Crippen LogP contribution in [-0.4, -0.2) is 0 Å². The van der Waals surface area contributed by atoms with E-state index in [-0.39, 0.29) is 16.7 Å². The highest BCUT2D eigenvalue weighted by Gasteiger charge is 2.38. The summed E-state index contributed by atoms with van der Waals surface area (Å²) >= 11 is 5.60. The Bertz CT molecular complexity index is 1530. The molecule has 0 aromatic heterocycles. The number of halogens is 7. The highest BCUT2D eigenvalue weighted by atomic mass is 35.5. The van der Waals surface area contributed by atoms with E-state index in [0.29, 0.717) is 11.6 Å². The molecule has 4 aromatic rings. The van der Waals surface area contributed by atoms with Gasteiger partial charge in [0, 0.05) is 22.8 Å². The molecule has 0 bridgehead atoms. The predicted molar refractivity (Wildman–Crippen MR) is 139 cm³/mol. The van der Waals surface area contributed by atoms with Crippen LogP contribution in [0, 0.1) is 35.1 Å². The van der Waals surface area contributed by atoms with Crippen molar-refractivity contribution in [1.82, 2.24) is 0 Å². The van der Waals surface area contributed by atoms with Crippen LogP contribution in [0.4, 0.5) is 26.3 Å². The number of unbranched alkanes of at least 4 members (excludes halogenated alkanes) is 1. The van der Waals surface area contributed by atoms with Crippen LogP contribution in [0.5, 0.6) is 5.75 Å². The molecule has 0 saturated carbocycles. The molecular formula is C31H21ClF6O. The van der Waals surface area contributed by atoms with Crippen molar-refractivity contribution in [3.63, 3.8) is 0 Å². The monoisotopic (exact) mass is 558 g/mol. The van der Waals surface area contributed by atoms with E-state index in [0.717, 1.165) is 55.7 Å². The number of hydrogen-bond acceptors (Lipinski definition) is 1. The van der Waals surface area contributed by atoms with E-state index in [2.05, 4.69) is 23.5 Å². The molecule has 0 atom stereocenters. The lowest BCUT2D eigenvalue weighted by Crippen LogP contribution is -2.23. The van der Waals surface area contributed by atoms with Gasteiger partial charge in [0.05, 0.1) is 5.02 Å². The molecule has 0 aliphatic carbocycles. The highest BCUT2D eigenvalue weighted by Crippen LogP contribution is 2.36. The normalized spacial score (nSPS) is 11.2. The first-order chi connectivity index (χ1) is 18.6. The van der Waals surface area contributed by atoms with Crippen LogP contribution in [-0.2, 0) is 12.5 Å². The van der Waals surface area contributed by atoms with Gasteiger partial charge in [-0.2, -0.15) is 8.78 Å². The fourth-order valence-electron chi connectivity index (χ4n) is 3.82. The summed E-state index contributed by atoms with van der Waals surface area (Å²) in [5.41, 5.74) is 0.668. The second kappa shape index (κ2) is 11.9. The van der Waals surface area contributed by atoms with Crippen LogP contribution in [0.3, 0.4) is 0 Å². The molecule has 4 aromatic carbocycles. The molecule has 0 N–H and O–H groups in total. The number of alkyl halides is 2. The van der Waals surface area contributed by atoms with Gasteiger partial charge < -0.3 is 4.74 Å². The Labute approximate surface area is 227 Å². The third-order valence-corrected chi connectivity index (χ3v) is 6.16. The highest BCUT2D eigenvalue weighted by molar-refractivity contribution is 6.31. The van der Waals surface area contributed by atoms with Gasteiger partial charge >= 0.3 is 6.11 Å². The Hall–Kier alpha value is -3.89. The molecule has 0 aliphatic heterocycles. The van der Waals surface area contributed by atoms with Crippen LogP contribution in [0.25, 0.3) is 11.1 Å². The number of benzene rings is 4. The zero-order chi connectivity index (χ0) is 28.2. The molecule has 0 heterocycles. The summed E-state index contributed by atoms with van der Waals surface area (Å²) in [6.45, 7) is 2.11. The summed E-state index contributed by atoms with van der Waals surface area (Å²) in [5, 5.41) is -0.569. The molecule has 8 heteroatoms. The Morgan fingerprint density at radius 2 is 1.46 bits per heavy atom. The summed E-state index contributed by atoms with van der Waals surface area (Å²) < 4.78 is 90.5. The summed E-state index contributed by atoms with van der Waals surface area (Å²) in [6.07, 6.45) is -1.01. The van der Waals surface area contributed by atoms with E-state index >= 15 is 0 Å². The minimum absolute atomic E-state index is 0.107. The standard InChI is InChI=1S/C31H21ClF6O/c1-2-3-4-19-5-7-20(8-6-19)9-10-21-11-14-25(28(34)15-21)31(37,38)39-23-12-13-24(27(33)18-23)22-16-26(32)30(36)29(35)17-22/h5-8,11-18H,2-4H2,1H3. The van der Waals surface area contributed by atoms with Gasteiger partial charge in [-0.3, -0.25) is 0 Å². The molecule has 0 radical (unpaired) electrons. The summed E-state index contributed by atoms with van der Waals surface area (Å²) in [5.74, 6) is 0.104. The lowest BCUT2D eigenvalue weighted by Gasteiger charge is -2.19. The summed E-state index contributed by atoms with van der Waals surface area (Å²) in [6, 6.07) is 14.9. The van der Waals surface area contributed by atoms with Crippen molar-refractivity contribution in [2.45, 2.75) is 32.3 Å². The van der Waals surface area contributed by atoms with E-state index in [4.69, 9.17) is 11.6 Å². The van der Waals surface area contributed by atoms with Crippen LogP contribution < -0.4 is 4.74 Å². The molecule has 0 spiro atoms. The zero-order valence-electron chi connectivity index (χ0n) is 20.6. The van der Waals surface area contributed by atoms with Gasteiger partial charge in [0.15, 0.2) is 11.6 Å². The maximum atomic E-state index is 14.8. The maximum absolute atomic E-state index is 14.8. The second-order valence-corrected chi connectivity index (χ2v) is 9.17. The molecule has 0 aliphatic rings. The molecule has 1 nitrogen and oxygen atoms in total. The molecule has 0 unspecified atom stereocenters. The van der Waals surface area contributed by atoms with Gasteiger partial charge in [-0.1, -0.05) is 48.9 Å². The van der Waals surface area contributed by atoms with Crippen molar-refractivity contribution in [3.05, 3.63) is 123 Å². The van der Waals surface area contributed by atoms with Crippen molar-refractivity contribution < 1.29 is 31.1 Å². The van der Waals surface area contributed by atoms with Crippen molar-refractivity contribution in [3.8, 4) is 28.7 Å². The molecule has 39 heavy (non-hydrogen) atoms. The fraction of sp³-hybridized carbons (Fsp3) is 0.161. The predicted octanol–water partition coefficient (Wildman–Crippen LogP) is 9.43. The van der Waals surface area contributed by atoms with Crippen molar-refractivity contribution in [2.24, 2.45) is 0 Å². The van der Waals surface area contributed by atoms with E-state index in [1.807, 2.05) is 24.3 Å². The molecule has 0 saturated heterocycles. The van der Waals surface area contributed by atoms with Crippen molar-refractivity contribution in [1.29, 1.82) is 0 Å². The third kappa shape index (κ3) is 6.76. The van der Waals surface area contributed by atoms with Crippen molar-refractivity contribution in [2.75, 3.05) is 0 Å². The molecular weight excluding hydrogens is 538 g/mol. The summed E-state index contributed by atoms with van der Waals surface area (Å²) in [4.78, 5) is 0. The van der Waals surface area contributed by atoms with Gasteiger partial charge in [0.25, 0.3) is 0 Å². The lowest BCUT2D eigenvalue weighted by atomic mass is 10.0. The van der Waals surface area contributed by atoms with E-state index in [1.165, 1.54) is 11.6 Å². The lowest BCUT2D eigenvalue weighted by molar-refractivity contribution is -0.187. The Morgan fingerprint density at radius 1 is 0.769 bits per heavy atom. The largest absolute Gasteiger partial charge is 0.429 e. The minimum atomic E-state index is -4.15. The number of rotatable bonds is 7. The quantitative estimate of drug-likeness (QED) is 0.125. The zero-order valence-corrected chi connectivity index (χ0v) is 21.4. The SMILES string of the molecule is CCCCc1ccc(C#Cc2ccc(C(F)(F)Oc3ccc(-c4cc(F)c(F)c(Cl)c4)c(F)c3)c(F)c2)cc1. The molecule has 4 rings (SSSR count). The van der Waals surface area contributed by atoms with Crippen molar-refractivity contribution >= 4 is 11.6 Å². The first-order valence-electron chi connectivity index (χ1n) is 12.0. The molecule has 0 fully saturated rings. The third-order valence-electron chi connectivity index (χ3n) is 5.89. The first kappa shape index (κ1) is 28.1. The number of ether oxygens (including phenoxy) is 1. The van der Waals surface area contributed by atoms with Gasteiger partial charge in [0.1, 0.15) is 22.9 Å². The topological polar surface area (TPSA) is 9.23 Å². The Morgan fingerprint density at radius 3 is 2.10 bits per heavy atom. The van der Waals surface area contributed by atoms with Gasteiger partial charge in [-0.15, -0.1) is 0 Å². The van der Waals surface area contributed by atoms with E-state index in [1.54, 1.807) is 0 Å². The molecule has 200 valence electrons. The fourth-order valence-corrected chi connectivity index (χ4v) is 4.02. The van der Waals surface area contributed by atoms with E-state index in [9.17, 15) is 26.3 Å². The Balaban J connectivity index is 1.50. The van der Waals surface area contributed by atoms with E-state index < -0.39 is 45.7 Å². The number of hydrogen-bond donors (Lipinski definition) is 0. The maximum Gasteiger partial charge on any atom is 0.429 e. The number of aryl methyl sites for hydroxylation is 1.